The van der Waals surface area contributed by atoms with Crippen LogP contribution >= 0.6 is 0 Å². The highest BCUT2D eigenvalue weighted by molar-refractivity contribution is 5.96. The summed E-state index contributed by atoms with van der Waals surface area (Å²) in [7, 11) is 5.33. The van der Waals surface area contributed by atoms with Gasteiger partial charge in [0.05, 0.1) is 14.2 Å². The van der Waals surface area contributed by atoms with E-state index in [0.29, 0.717) is 18.0 Å². The summed E-state index contributed by atoms with van der Waals surface area (Å²) in [6.07, 6.45) is 2.13. The van der Waals surface area contributed by atoms with Gasteiger partial charge in [-0.15, -0.1) is 0 Å². The van der Waals surface area contributed by atoms with E-state index in [4.69, 9.17) is 15.2 Å². The molecular formula is C18H20N2O2. The molecule has 3 rings (SSSR count). The van der Waals surface area contributed by atoms with Crippen LogP contribution in [-0.4, -0.2) is 18.8 Å². The Morgan fingerprint density at radius 3 is 2.55 bits per heavy atom. The third-order valence-corrected chi connectivity index (χ3v) is 3.98. The molecule has 1 heterocycles. The van der Waals surface area contributed by atoms with Gasteiger partial charge in [0.25, 0.3) is 0 Å². The van der Waals surface area contributed by atoms with Crippen molar-refractivity contribution in [3.05, 3.63) is 48.2 Å². The lowest BCUT2D eigenvalue weighted by molar-refractivity contribution is 0.352. The predicted molar refractivity (Wildman–Crippen MR) is 89.4 cm³/mol. The van der Waals surface area contributed by atoms with Crippen molar-refractivity contribution in [3.8, 4) is 22.6 Å². The molecule has 2 N–H and O–H groups in total. The molecule has 4 nitrogen and oxygen atoms in total. The molecule has 22 heavy (non-hydrogen) atoms. The van der Waals surface area contributed by atoms with Crippen LogP contribution in [0.3, 0.4) is 0 Å². The number of aromatic nitrogens is 1. The topological polar surface area (TPSA) is 49.4 Å². The van der Waals surface area contributed by atoms with Crippen molar-refractivity contribution >= 4 is 10.9 Å². The highest BCUT2D eigenvalue weighted by Gasteiger charge is 2.15. The van der Waals surface area contributed by atoms with Crippen LogP contribution in [0.5, 0.6) is 11.5 Å². The van der Waals surface area contributed by atoms with E-state index >= 15 is 0 Å². The molecule has 0 atom stereocenters. The number of para-hydroxylation sites is 1. The second-order valence-corrected chi connectivity index (χ2v) is 5.25. The van der Waals surface area contributed by atoms with Gasteiger partial charge < -0.3 is 19.8 Å². The summed E-state index contributed by atoms with van der Waals surface area (Å²) < 4.78 is 13.0. The van der Waals surface area contributed by atoms with E-state index in [2.05, 4.69) is 42.1 Å². The van der Waals surface area contributed by atoms with E-state index in [1.54, 1.807) is 14.2 Å². The first-order chi connectivity index (χ1) is 10.7. The standard InChI is InChI=1S/C18H20N2O2/c1-20-11-15(14-6-4-5-7-16(14)20)12-8-13(10-19)18(22-3)17(9-12)21-2/h4-9,11H,10,19H2,1-3H3. The maximum absolute atomic E-state index is 5.87. The fourth-order valence-electron chi connectivity index (χ4n) is 2.92. The molecule has 0 saturated carbocycles. The molecule has 4 heteroatoms. The van der Waals surface area contributed by atoms with Gasteiger partial charge in [-0.05, 0) is 23.8 Å². The van der Waals surface area contributed by atoms with Gasteiger partial charge in [-0.1, -0.05) is 18.2 Å². The maximum atomic E-state index is 5.87. The Kier molecular flexibility index (Phi) is 3.77. The zero-order chi connectivity index (χ0) is 15.7. The van der Waals surface area contributed by atoms with Crippen LogP contribution in [-0.2, 0) is 13.6 Å². The Morgan fingerprint density at radius 2 is 1.86 bits per heavy atom. The zero-order valence-electron chi connectivity index (χ0n) is 13.1. The van der Waals surface area contributed by atoms with Crippen LogP contribution in [0.1, 0.15) is 5.56 Å². The minimum absolute atomic E-state index is 0.401. The number of ether oxygens (including phenoxy) is 2. The molecule has 0 radical (unpaired) electrons. The van der Waals surface area contributed by atoms with Crippen molar-refractivity contribution in [2.24, 2.45) is 12.8 Å². The Bertz CT molecular complexity index is 796. The minimum Gasteiger partial charge on any atom is -0.493 e. The first-order valence-corrected chi connectivity index (χ1v) is 7.19. The molecule has 0 spiro atoms. The summed E-state index contributed by atoms with van der Waals surface area (Å²) in [4.78, 5) is 0. The van der Waals surface area contributed by atoms with Crippen LogP contribution < -0.4 is 15.2 Å². The average Bonchev–Trinajstić information content (AvgIpc) is 2.90. The largest absolute Gasteiger partial charge is 0.493 e. The molecule has 0 unspecified atom stereocenters. The summed E-state index contributed by atoms with van der Waals surface area (Å²) in [6.45, 7) is 0.401. The van der Waals surface area contributed by atoms with Gasteiger partial charge in [0.1, 0.15) is 0 Å². The number of fused-ring (bicyclic) bond motifs is 1. The van der Waals surface area contributed by atoms with E-state index in [9.17, 15) is 0 Å². The number of methoxy groups -OCH3 is 2. The van der Waals surface area contributed by atoms with Gasteiger partial charge in [-0.25, -0.2) is 0 Å². The molecule has 0 aliphatic rings. The lowest BCUT2D eigenvalue weighted by Crippen LogP contribution is -2.02. The minimum atomic E-state index is 0.401. The number of aryl methyl sites for hydroxylation is 1. The number of hydrogen-bond donors (Lipinski definition) is 1. The summed E-state index contributed by atoms with van der Waals surface area (Å²) in [5.41, 5.74) is 10.2. The quantitative estimate of drug-likeness (QED) is 0.803. The second kappa shape index (κ2) is 5.73. The van der Waals surface area contributed by atoms with E-state index in [1.807, 2.05) is 12.1 Å². The number of nitrogens with two attached hydrogens (primary N) is 1. The molecule has 0 saturated heterocycles. The van der Waals surface area contributed by atoms with Gasteiger partial charge in [-0.3, -0.25) is 0 Å². The Balaban J connectivity index is 2.27. The summed E-state index contributed by atoms with van der Waals surface area (Å²) in [6, 6.07) is 12.4. The smallest absolute Gasteiger partial charge is 0.165 e. The highest BCUT2D eigenvalue weighted by atomic mass is 16.5. The highest BCUT2D eigenvalue weighted by Crippen LogP contribution is 2.38. The van der Waals surface area contributed by atoms with E-state index in [0.717, 1.165) is 16.7 Å². The van der Waals surface area contributed by atoms with E-state index < -0.39 is 0 Å². The summed E-state index contributed by atoms with van der Waals surface area (Å²) in [5, 5.41) is 1.21. The van der Waals surface area contributed by atoms with Crippen LogP contribution in [0.4, 0.5) is 0 Å². The van der Waals surface area contributed by atoms with E-state index in [1.165, 1.54) is 10.9 Å². The molecule has 0 aliphatic heterocycles. The SMILES string of the molecule is COc1cc(-c2cn(C)c3ccccc23)cc(CN)c1OC. The molecule has 0 fully saturated rings. The first-order valence-electron chi connectivity index (χ1n) is 7.19. The summed E-state index contributed by atoms with van der Waals surface area (Å²) >= 11 is 0. The fourth-order valence-corrected chi connectivity index (χ4v) is 2.92. The Hall–Kier alpha value is -2.46. The number of nitrogens with zero attached hydrogens (tertiary/aromatic N) is 1. The molecule has 3 aromatic rings. The fraction of sp³-hybridized carbons (Fsp3) is 0.222. The van der Waals surface area contributed by atoms with Crippen molar-refractivity contribution in [2.75, 3.05) is 14.2 Å². The van der Waals surface area contributed by atoms with Gasteiger partial charge in [0.15, 0.2) is 11.5 Å². The Labute approximate surface area is 130 Å². The lowest BCUT2D eigenvalue weighted by atomic mass is 10.0. The van der Waals surface area contributed by atoms with Gasteiger partial charge in [0, 0.05) is 41.8 Å². The lowest BCUT2D eigenvalue weighted by Gasteiger charge is -2.14. The van der Waals surface area contributed by atoms with E-state index in [-0.39, 0.29) is 0 Å². The summed E-state index contributed by atoms with van der Waals surface area (Å²) in [5.74, 6) is 1.40. The molecule has 114 valence electrons. The van der Waals surface area contributed by atoms with Crippen LogP contribution in [0.2, 0.25) is 0 Å². The molecular weight excluding hydrogens is 276 g/mol. The molecule has 2 aromatic carbocycles. The van der Waals surface area contributed by atoms with Crippen molar-refractivity contribution in [2.45, 2.75) is 6.54 Å². The molecule has 0 amide bonds. The van der Waals surface area contributed by atoms with Crippen molar-refractivity contribution in [1.29, 1.82) is 0 Å². The first kappa shape index (κ1) is 14.5. The average molecular weight is 296 g/mol. The molecule has 0 bridgehead atoms. The van der Waals surface area contributed by atoms with Crippen molar-refractivity contribution < 1.29 is 9.47 Å². The predicted octanol–water partition coefficient (Wildman–Crippen LogP) is 3.32. The number of hydrogen-bond acceptors (Lipinski definition) is 3. The zero-order valence-corrected chi connectivity index (χ0v) is 13.1. The number of rotatable bonds is 4. The third-order valence-electron chi connectivity index (χ3n) is 3.98. The third kappa shape index (κ3) is 2.22. The monoisotopic (exact) mass is 296 g/mol. The van der Waals surface area contributed by atoms with Crippen LogP contribution in [0, 0.1) is 0 Å². The van der Waals surface area contributed by atoms with Crippen LogP contribution in [0.25, 0.3) is 22.0 Å². The maximum Gasteiger partial charge on any atom is 0.165 e. The van der Waals surface area contributed by atoms with Crippen LogP contribution in [0.15, 0.2) is 42.6 Å². The normalized spacial score (nSPS) is 10.9. The molecule has 0 aliphatic carbocycles. The van der Waals surface area contributed by atoms with Gasteiger partial charge in [-0.2, -0.15) is 0 Å². The second-order valence-electron chi connectivity index (χ2n) is 5.25. The number of benzene rings is 2. The van der Waals surface area contributed by atoms with Gasteiger partial charge in [0.2, 0.25) is 0 Å². The molecule has 1 aromatic heterocycles. The van der Waals surface area contributed by atoms with Gasteiger partial charge >= 0.3 is 0 Å². The van der Waals surface area contributed by atoms with Crippen molar-refractivity contribution in [3.63, 3.8) is 0 Å². The Morgan fingerprint density at radius 1 is 1.09 bits per heavy atom. The van der Waals surface area contributed by atoms with Crippen molar-refractivity contribution in [1.82, 2.24) is 4.57 Å².